The SMILES string of the molecule is COc1ccc(NC(=O)Nc2cnc(-n3ccnc3C)nc2)cc1OC. The Hall–Kier alpha value is -3.62. The fourth-order valence-electron chi connectivity index (χ4n) is 2.31. The molecule has 1 aromatic carbocycles. The van der Waals surface area contributed by atoms with Gasteiger partial charge in [-0.3, -0.25) is 4.57 Å². The number of nitrogens with zero attached hydrogens (tertiary/aromatic N) is 4. The molecule has 26 heavy (non-hydrogen) atoms. The van der Waals surface area contributed by atoms with Crippen molar-refractivity contribution in [3.8, 4) is 17.4 Å². The molecule has 3 aromatic rings. The van der Waals surface area contributed by atoms with Gasteiger partial charge in [0.1, 0.15) is 5.82 Å². The number of rotatable bonds is 5. The fraction of sp³-hybridized carbons (Fsp3) is 0.176. The second-order valence-corrected chi connectivity index (χ2v) is 5.27. The third-order valence-corrected chi connectivity index (χ3v) is 3.58. The average molecular weight is 354 g/mol. The van der Waals surface area contributed by atoms with E-state index in [-0.39, 0.29) is 0 Å². The Morgan fingerprint density at radius 2 is 1.69 bits per heavy atom. The van der Waals surface area contributed by atoms with Crippen LogP contribution in [0.1, 0.15) is 5.82 Å². The van der Waals surface area contributed by atoms with E-state index in [0.29, 0.717) is 28.8 Å². The molecule has 0 saturated carbocycles. The van der Waals surface area contributed by atoms with Gasteiger partial charge >= 0.3 is 6.03 Å². The molecule has 2 aromatic heterocycles. The molecule has 0 unspecified atom stereocenters. The number of carbonyl (C=O) groups excluding carboxylic acids is 1. The number of benzene rings is 1. The summed E-state index contributed by atoms with van der Waals surface area (Å²) in [6.07, 6.45) is 6.48. The molecule has 2 N–H and O–H groups in total. The molecule has 0 aliphatic heterocycles. The zero-order valence-electron chi connectivity index (χ0n) is 14.6. The van der Waals surface area contributed by atoms with Crippen molar-refractivity contribution in [3.63, 3.8) is 0 Å². The zero-order chi connectivity index (χ0) is 18.5. The van der Waals surface area contributed by atoms with Crippen molar-refractivity contribution in [2.24, 2.45) is 0 Å². The lowest BCUT2D eigenvalue weighted by molar-refractivity contribution is 0.262. The molecule has 0 fully saturated rings. The maximum Gasteiger partial charge on any atom is 0.323 e. The number of amides is 2. The maximum absolute atomic E-state index is 12.1. The first-order chi connectivity index (χ1) is 12.6. The number of imidazole rings is 1. The summed E-state index contributed by atoms with van der Waals surface area (Å²) in [6, 6.07) is 4.66. The fourth-order valence-corrected chi connectivity index (χ4v) is 2.31. The normalized spacial score (nSPS) is 10.3. The number of ether oxygens (including phenoxy) is 2. The lowest BCUT2D eigenvalue weighted by Gasteiger charge is -2.11. The summed E-state index contributed by atoms with van der Waals surface area (Å²) in [5.41, 5.74) is 1.02. The van der Waals surface area contributed by atoms with E-state index in [0.717, 1.165) is 5.82 Å². The average Bonchev–Trinajstić information content (AvgIpc) is 3.08. The van der Waals surface area contributed by atoms with Gasteiger partial charge in [0.15, 0.2) is 11.5 Å². The van der Waals surface area contributed by atoms with Gasteiger partial charge in [0.25, 0.3) is 0 Å². The van der Waals surface area contributed by atoms with Crippen molar-refractivity contribution in [2.75, 3.05) is 24.9 Å². The molecular weight excluding hydrogens is 336 g/mol. The second kappa shape index (κ2) is 7.51. The molecule has 0 aliphatic carbocycles. The van der Waals surface area contributed by atoms with Crippen molar-refractivity contribution in [2.45, 2.75) is 6.92 Å². The highest BCUT2D eigenvalue weighted by Gasteiger charge is 2.09. The van der Waals surface area contributed by atoms with Crippen LogP contribution in [0.4, 0.5) is 16.2 Å². The molecule has 0 spiro atoms. The predicted molar refractivity (Wildman–Crippen MR) is 96.1 cm³/mol. The molecular formula is C17H18N6O3. The van der Waals surface area contributed by atoms with Crippen LogP contribution in [0.2, 0.25) is 0 Å². The van der Waals surface area contributed by atoms with Crippen molar-refractivity contribution in [1.82, 2.24) is 19.5 Å². The molecule has 9 heteroatoms. The smallest absolute Gasteiger partial charge is 0.323 e. The molecule has 0 bridgehead atoms. The molecule has 0 radical (unpaired) electrons. The highest BCUT2D eigenvalue weighted by Crippen LogP contribution is 2.29. The number of hydrogen-bond acceptors (Lipinski definition) is 6. The molecule has 2 heterocycles. The van der Waals surface area contributed by atoms with Gasteiger partial charge in [0.05, 0.1) is 32.3 Å². The monoisotopic (exact) mass is 354 g/mol. The number of hydrogen-bond donors (Lipinski definition) is 2. The van der Waals surface area contributed by atoms with Gasteiger partial charge in [-0.2, -0.15) is 0 Å². The van der Waals surface area contributed by atoms with E-state index in [1.165, 1.54) is 19.5 Å². The third-order valence-electron chi connectivity index (χ3n) is 3.58. The standard InChI is InChI=1S/C17H18N6O3/c1-11-18-6-7-23(11)16-19-9-13(10-20-16)22-17(24)21-12-4-5-14(25-2)15(8-12)26-3/h4-10H,1-3H3,(H2,21,22,24). The first-order valence-corrected chi connectivity index (χ1v) is 7.73. The molecule has 0 atom stereocenters. The molecule has 2 amide bonds. The van der Waals surface area contributed by atoms with Crippen LogP contribution in [-0.4, -0.2) is 39.8 Å². The Kier molecular flexibility index (Phi) is 4.97. The maximum atomic E-state index is 12.1. The van der Waals surface area contributed by atoms with Gasteiger partial charge in [-0.25, -0.2) is 19.7 Å². The summed E-state index contributed by atoms with van der Waals surface area (Å²) < 4.78 is 12.1. The lowest BCUT2D eigenvalue weighted by Crippen LogP contribution is -2.19. The molecule has 0 saturated heterocycles. The number of methoxy groups -OCH3 is 2. The molecule has 0 aliphatic rings. The Balaban J connectivity index is 1.66. The quantitative estimate of drug-likeness (QED) is 0.730. The number of urea groups is 1. The van der Waals surface area contributed by atoms with Crippen LogP contribution in [-0.2, 0) is 0 Å². The summed E-state index contributed by atoms with van der Waals surface area (Å²) >= 11 is 0. The van der Waals surface area contributed by atoms with Crippen LogP contribution in [0.3, 0.4) is 0 Å². The highest BCUT2D eigenvalue weighted by molar-refractivity contribution is 5.99. The van der Waals surface area contributed by atoms with Crippen molar-refractivity contribution in [1.29, 1.82) is 0 Å². The predicted octanol–water partition coefficient (Wildman–Crippen LogP) is 2.63. The van der Waals surface area contributed by atoms with Crippen LogP contribution in [0.15, 0.2) is 43.0 Å². The topological polar surface area (TPSA) is 103 Å². The lowest BCUT2D eigenvalue weighted by atomic mass is 10.3. The van der Waals surface area contributed by atoms with E-state index in [1.807, 2.05) is 6.92 Å². The van der Waals surface area contributed by atoms with Crippen LogP contribution < -0.4 is 20.1 Å². The van der Waals surface area contributed by atoms with E-state index in [1.54, 1.807) is 42.3 Å². The van der Waals surface area contributed by atoms with Crippen LogP contribution in [0, 0.1) is 6.92 Å². The zero-order valence-corrected chi connectivity index (χ0v) is 14.6. The number of aryl methyl sites for hydroxylation is 1. The van der Waals surface area contributed by atoms with E-state index in [2.05, 4.69) is 25.6 Å². The van der Waals surface area contributed by atoms with E-state index < -0.39 is 6.03 Å². The highest BCUT2D eigenvalue weighted by atomic mass is 16.5. The van der Waals surface area contributed by atoms with E-state index in [4.69, 9.17) is 9.47 Å². The Labute approximate surface area is 150 Å². The first kappa shape index (κ1) is 17.2. The van der Waals surface area contributed by atoms with Gasteiger partial charge < -0.3 is 20.1 Å². The summed E-state index contributed by atoms with van der Waals surface area (Å²) in [5.74, 6) is 2.36. The summed E-state index contributed by atoms with van der Waals surface area (Å²) in [7, 11) is 3.08. The minimum Gasteiger partial charge on any atom is -0.493 e. The molecule has 9 nitrogen and oxygen atoms in total. The number of nitrogens with one attached hydrogen (secondary N) is 2. The number of anilines is 2. The summed E-state index contributed by atoms with van der Waals surface area (Å²) in [6.45, 7) is 1.85. The van der Waals surface area contributed by atoms with E-state index >= 15 is 0 Å². The van der Waals surface area contributed by atoms with Gasteiger partial charge in [0.2, 0.25) is 5.95 Å². The second-order valence-electron chi connectivity index (χ2n) is 5.27. The Bertz CT molecular complexity index is 907. The first-order valence-electron chi connectivity index (χ1n) is 7.73. The van der Waals surface area contributed by atoms with Crippen LogP contribution in [0.5, 0.6) is 11.5 Å². The van der Waals surface area contributed by atoms with Gasteiger partial charge in [-0.1, -0.05) is 0 Å². The van der Waals surface area contributed by atoms with Crippen molar-refractivity contribution >= 4 is 17.4 Å². The summed E-state index contributed by atoms with van der Waals surface area (Å²) in [5, 5.41) is 5.38. The number of aromatic nitrogens is 4. The summed E-state index contributed by atoms with van der Waals surface area (Å²) in [4.78, 5) is 24.7. The van der Waals surface area contributed by atoms with Crippen LogP contribution in [0.25, 0.3) is 5.95 Å². The van der Waals surface area contributed by atoms with Crippen LogP contribution >= 0.6 is 0 Å². The minimum atomic E-state index is -0.424. The largest absolute Gasteiger partial charge is 0.493 e. The number of carbonyl (C=O) groups is 1. The Morgan fingerprint density at radius 3 is 2.31 bits per heavy atom. The van der Waals surface area contributed by atoms with E-state index in [9.17, 15) is 4.79 Å². The minimum absolute atomic E-state index is 0.424. The van der Waals surface area contributed by atoms with Crippen molar-refractivity contribution in [3.05, 3.63) is 48.8 Å². The van der Waals surface area contributed by atoms with Gasteiger partial charge in [-0.05, 0) is 19.1 Å². The molecule has 134 valence electrons. The molecule has 3 rings (SSSR count). The van der Waals surface area contributed by atoms with Gasteiger partial charge in [-0.15, -0.1) is 0 Å². The third kappa shape index (κ3) is 3.72. The van der Waals surface area contributed by atoms with Crippen molar-refractivity contribution < 1.29 is 14.3 Å². The van der Waals surface area contributed by atoms with Gasteiger partial charge in [0, 0.05) is 24.1 Å². The Morgan fingerprint density at radius 1 is 1.00 bits per heavy atom.